The topological polar surface area (TPSA) is 81.7 Å². The van der Waals surface area contributed by atoms with E-state index in [0.717, 1.165) is 8.04 Å². The summed E-state index contributed by atoms with van der Waals surface area (Å²) in [5, 5.41) is 15.4. The van der Waals surface area contributed by atoms with Crippen molar-refractivity contribution in [1.29, 1.82) is 0 Å². The van der Waals surface area contributed by atoms with Crippen molar-refractivity contribution in [1.82, 2.24) is 10.4 Å². The Morgan fingerprint density at radius 1 is 1.13 bits per heavy atom. The number of phenols is 1. The molecule has 30 heavy (non-hydrogen) atoms. The maximum Gasteiger partial charge on any atom is 0.276 e. The fraction of sp³-hybridized carbons (Fsp3) is 0.0476. The van der Waals surface area contributed by atoms with Crippen molar-refractivity contribution in [2.75, 3.05) is 5.32 Å². The zero-order chi connectivity index (χ0) is 21.4. The second-order valence-electron chi connectivity index (χ2n) is 6.56. The monoisotopic (exact) mass is 597 g/mol. The number of rotatable bonds is 3. The molecular weight excluding hydrogens is 585 g/mol. The average Bonchev–Trinajstić information content (AvgIpc) is 2.72. The minimum Gasteiger partial charge on any atom is -0.508 e. The molecule has 0 aliphatic carbocycles. The van der Waals surface area contributed by atoms with E-state index in [1.807, 2.05) is 6.07 Å². The summed E-state index contributed by atoms with van der Waals surface area (Å²) in [6.07, 6.45) is -0.821. The van der Waals surface area contributed by atoms with Gasteiger partial charge in [0.2, 0.25) is 0 Å². The van der Waals surface area contributed by atoms with Gasteiger partial charge in [0.15, 0.2) is 6.17 Å². The van der Waals surface area contributed by atoms with Crippen LogP contribution in [0.2, 0.25) is 5.02 Å². The summed E-state index contributed by atoms with van der Waals surface area (Å²) in [5.74, 6) is -0.882. The summed E-state index contributed by atoms with van der Waals surface area (Å²) in [6.45, 7) is 0. The van der Waals surface area contributed by atoms with Gasteiger partial charge >= 0.3 is 0 Å². The van der Waals surface area contributed by atoms with Crippen LogP contribution >= 0.6 is 50.1 Å². The molecule has 1 unspecified atom stereocenters. The number of benzene rings is 3. The number of fused-ring (bicyclic) bond motifs is 1. The first-order valence-electron chi connectivity index (χ1n) is 8.78. The second kappa shape index (κ2) is 8.44. The van der Waals surface area contributed by atoms with E-state index in [-0.39, 0.29) is 5.75 Å². The van der Waals surface area contributed by atoms with Crippen LogP contribution < -0.4 is 10.7 Å². The molecule has 3 aromatic carbocycles. The lowest BCUT2D eigenvalue weighted by Crippen LogP contribution is -2.52. The Labute approximate surface area is 199 Å². The Hall–Kier alpha value is -2.30. The maximum absolute atomic E-state index is 13.3. The van der Waals surface area contributed by atoms with Crippen molar-refractivity contribution < 1.29 is 14.7 Å². The number of amides is 2. The molecule has 0 saturated heterocycles. The standard InChI is InChI=1S/C21H14BrClIN3O3/c22-12-3-8-18(28)16(9-12)19-25-17-7-6-14(24)10-15(17)21(30)27(19)26-20(29)11-1-4-13(23)5-2-11/h1-10,19,25,28H,(H,26,29). The first-order valence-corrected chi connectivity index (χ1v) is 11.0. The van der Waals surface area contributed by atoms with Crippen molar-refractivity contribution in [2.24, 2.45) is 0 Å². The van der Waals surface area contributed by atoms with Gasteiger partial charge < -0.3 is 10.4 Å². The number of nitrogens with zero attached hydrogens (tertiary/aromatic N) is 1. The van der Waals surface area contributed by atoms with E-state index in [0.29, 0.717) is 27.4 Å². The van der Waals surface area contributed by atoms with E-state index in [9.17, 15) is 14.7 Å². The number of hydrogen-bond acceptors (Lipinski definition) is 4. The predicted octanol–water partition coefficient (Wildman–Crippen LogP) is 5.32. The lowest BCUT2D eigenvalue weighted by atomic mass is 10.0. The van der Waals surface area contributed by atoms with Crippen LogP contribution in [0.25, 0.3) is 0 Å². The summed E-state index contributed by atoms with van der Waals surface area (Å²) in [6, 6.07) is 16.7. The van der Waals surface area contributed by atoms with Crippen LogP contribution in [0.1, 0.15) is 32.4 Å². The molecule has 9 heteroatoms. The van der Waals surface area contributed by atoms with Gasteiger partial charge in [-0.25, -0.2) is 5.01 Å². The van der Waals surface area contributed by atoms with Crippen LogP contribution in [0.5, 0.6) is 5.75 Å². The summed E-state index contributed by atoms with van der Waals surface area (Å²) in [5.41, 5.74) is 4.48. The summed E-state index contributed by atoms with van der Waals surface area (Å²) in [4.78, 5) is 26.2. The smallest absolute Gasteiger partial charge is 0.276 e. The molecule has 0 bridgehead atoms. The number of anilines is 1. The van der Waals surface area contributed by atoms with Crippen molar-refractivity contribution in [3.8, 4) is 5.75 Å². The lowest BCUT2D eigenvalue weighted by Gasteiger charge is -2.38. The van der Waals surface area contributed by atoms with E-state index in [4.69, 9.17) is 11.6 Å². The molecule has 152 valence electrons. The highest BCUT2D eigenvalue weighted by Gasteiger charge is 2.36. The third kappa shape index (κ3) is 4.12. The summed E-state index contributed by atoms with van der Waals surface area (Å²) >= 11 is 11.4. The van der Waals surface area contributed by atoms with Crippen LogP contribution in [-0.2, 0) is 0 Å². The van der Waals surface area contributed by atoms with E-state index < -0.39 is 18.0 Å². The molecule has 2 amide bonds. The number of phenolic OH excluding ortho intramolecular Hbond substituents is 1. The van der Waals surface area contributed by atoms with Crippen LogP contribution in [-0.4, -0.2) is 21.9 Å². The molecule has 1 heterocycles. The highest BCUT2D eigenvalue weighted by Crippen LogP contribution is 2.37. The molecule has 1 aliphatic heterocycles. The molecule has 0 radical (unpaired) electrons. The quantitative estimate of drug-likeness (QED) is 0.357. The summed E-state index contributed by atoms with van der Waals surface area (Å²) in [7, 11) is 0. The number of carbonyl (C=O) groups is 2. The Bertz CT molecular complexity index is 1160. The van der Waals surface area contributed by atoms with Crippen LogP contribution in [0.15, 0.2) is 65.1 Å². The maximum atomic E-state index is 13.3. The number of hydrogen-bond donors (Lipinski definition) is 3. The molecular formula is C21H14BrClIN3O3. The normalized spacial score (nSPS) is 15.4. The molecule has 1 atom stereocenters. The number of halogens is 3. The zero-order valence-electron chi connectivity index (χ0n) is 15.2. The second-order valence-corrected chi connectivity index (χ2v) is 9.16. The third-order valence-corrected chi connectivity index (χ3v) is 6.01. The van der Waals surface area contributed by atoms with Crippen LogP contribution in [0.3, 0.4) is 0 Å². The van der Waals surface area contributed by atoms with E-state index in [2.05, 4.69) is 49.3 Å². The minimum absolute atomic E-state index is 0.0109. The molecule has 0 spiro atoms. The van der Waals surface area contributed by atoms with Gasteiger partial charge in [0.1, 0.15) is 5.75 Å². The van der Waals surface area contributed by atoms with E-state index >= 15 is 0 Å². The molecule has 1 aliphatic rings. The number of hydrazine groups is 1. The van der Waals surface area contributed by atoms with Gasteiger partial charge in [-0.1, -0.05) is 27.5 Å². The zero-order valence-corrected chi connectivity index (χ0v) is 19.7. The first-order chi connectivity index (χ1) is 14.3. The van der Waals surface area contributed by atoms with Crippen molar-refractivity contribution >= 4 is 67.6 Å². The first kappa shape index (κ1) is 21.0. The number of nitrogens with one attached hydrogen (secondary N) is 2. The van der Waals surface area contributed by atoms with E-state index in [1.165, 1.54) is 11.1 Å². The third-order valence-electron chi connectivity index (χ3n) is 4.59. The minimum atomic E-state index is -0.821. The van der Waals surface area contributed by atoms with Crippen molar-refractivity contribution in [3.05, 3.63) is 90.4 Å². The molecule has 3 aromatic rings. The lowest BCUT2D eigenvalue weighted by molar-refractivity contribution is 0.0488. The molecule has 0 aromatic heterocycles. The van der Waals surface area contributed by atoms with Gasteiger partial charge in [-0.2, -0.15) is 0 Å². The highest BCUT2D eigenvalue weighted by atomic mass is 127. The Morgan fingerprint density at radius 2 is 1.87 bits per heavy atom. The van der Waals surface area contributed by atoms with Crippen molar-refractivity contribution in [2.45, 2.75) is 6.17 Å². The van der Waals surface area contributed by atoms with Gasteiger partial charge in [0.25, 0.3) is 11.8 Å². The van der Waals surface area contributed by atoms with E-state index in [1.54, 1.807) is 48.5 Å². The SMILES string of the molecule is O=C(NN1C(=O)c2cc(I)ccc2NC1c1cc(Br)ccc1O)c1ccc(Cl)cc1. The molecule has 6 nitrogen and oxygen atoms in total. The van der Waals surface area contributed by atoms with Crippen molar-refractivity contribution in [3.63, 3.8) is 0 Å². The highest BCUT2D eigenvalue weighted by molar-refractivity contribution is 14.1. The molecule has 3 N–H and O–H groups in total. The fourth-order valence-electron chi connectivity index (χ4n) is 3.13. The average molecular weight is 599 g/mol. The van der Waals surface area contributed by atoms with Gasteiger partial charge in [0.05, 0.1) is 5.56 Å². The molecule has 0 saturated carbocycles. The number of aromatic hydroxyl groups is 1. The van der Waals surface area contributed by atoms with Crippen LogP contribution in [0, 0.1) is 3.57 Å². The van der Waals surface area contributed by atoms with Crippen LogP contribution in [0.4, 0.5) is 5.69 Å². The van der Waals surface area contributed by atoms with Gasteiger partial charge in [-0.15, -0.1) is 0 Å². The summed E-state index contributed by atoms with van der Waals surface area (Å²) < 4.78 is 1.61. The Morgan fingerprint density at radius 3 is 2.60 bits per heavy atom. The molecule has 4 rings (SSSR count). The molecule has 0 fully saturated rings. The fourth-order valence-corrected chi connectivity index (χ4v) is 4.13. The Kier molecular flexibility index (Phi) is 5.90. The van der Waals surface area contributed by atoms with Gasteiger partial charge in [-0.3, -0.25) is 15.0 Å². The largest absolute Gasteiger partial charge is 0.508 e. The predicted molar refractivity (Wildman–Crippen MR) is 126 cm³/mol. The Balaban J connectivity index is 1.76. The van der Waals surface area contributed by atoms with Gasteiger partial charge in [0, 0.05) is 29.9 Å². The van der Waals surface area contributed by atoms with Gasteiger partial charge in [-0.05, 0) is 83.3 Å². The number of carbonyl (C=O) groups excluding carboxylic acids is 2.